The van der Waals surface area contributed by atoms with Crippen LogP contribution in [0.3, 0.4) is 0 Å². The first-order chi connectivity index (χ1) is 8.56. The van der Waals surface area contributed by atoms with Gasteiger partial charge in [0.25, 0.3) is 0 Å². The van der Waals surface area contributed by atoms with Gasteiger partial charge in [0.15, 0.2) is 5.17 Å². The Hall–Kier alpha value is -1.03. The minimum atomic E-state index is -0.192. The fourth-order valence-corrected chi connectivity index (χ4v) is 2.96. The van der Waals surface area contributed by atoms with Gasteiger partial charge in [-0.2, -0.15) is 0 Å². The van der Waals surface area contributed by atoms with Gasteiger partial charge in [-0.05, 0) is 30.5 Å². The average Bonchev–Trinajstić information content (AvgIpc) is 2.77. The van der Waals surface area contributed by atoms with Gasteiger partial charge in [-0.25, -0.2) is 4.39 Å². The molecule has 0 radical (unpaired) electrons. The van der Waals surface area contributed by atoms with E-state index >= 15 is 0 Å². The van der Waals surface area contributed by atoms with Crippen LogP contribution in [0.25, 0.3) is 0 Å². The molecule has 0 fully saturated rings. The molecule has 0 saturated carbocycles. The van der Waals surface area contributed by atoms with Crippen LogP contribution >= 0.6 is 11.8 Å². The molecule has 0 bridgehead atoms. The summed E-state index contributed by atoms with van der Waals surface area (Å²) in [6.07, 6.45) is 0. The van der Waals surface area contributed by atoms with E-state index in [1.54, 1.807) is 23.9 Å². The predicted octanol–water partition coefficient (Wildman–Crippen LogP) is 3.60. The van der Waals surface area contributed by atoms with Crippen LogP contribution in [0.15, 0.2) is 29.3 Å². The molecule has 1 N–H and O–H groups in total. The number of benzene rings is 1. The fraction of sp³-hybridized carbons (Fsp3) is 0.500. The SMILES string of the molecule is CC(NC1=NCC(C(C)C)S1)c1cccc(F)c1. The maximum atomic E-state index is 13.1. The number of thioether (sulfide) groups is 1. The molecule has 98 valence electrons. The minimum Gasteiger partial charge on any atom is -0.358 e. The van der Waals surface area contributed by atoms with Crippen LogP contribution in [-0.2, 0) is 0 Å². The molecular formula is C14H19FN2S. The first kappa shape index (κ1) is 13.4. The highest BCUT2D eigenvalue weighted by molar-refractivity contribution is 8.14. The van der Waals surface area contributed by atoms with E-state index in [0.29, 0.717) is 11.2 Å². The number of amidine groups is 1. The molecule has 0 amide bonds. The van der Waals surface area contributed by atoms with Gasteiger partial charge >= 0.3 is 0 Å². The Morgan fingerprint density at radius 3 is 2.78 bits per heavy atom. The maximum absolute atomic E-state index is 13.1. The highest BCUT2D eigenvalue weighted by Gasteiger charge is 2.23. The van der Waals surface area contributed by atoms with E-state index in [1.807, 2.05) is 13.0 Å². The molecule has 2 atom stereocenters. The Morgan fingerprint density at radius 1 is 1.39 bits per heavy atom. The highest BCUT2D eigenvalue weighted by atomic mass is 32.2. The Labute approximate surface area is 112 Å². The summed E-state index contributed by atoms with van der Waals surface area (Å²) in [6.45, 7) is 7.33. The summed E-state index contributed by atoms with van der Waals surface area (Å²) in [4.78, 5) is 4.50. The zero-order chi connectivity index (χ0) is 13.1. The van der Waals surface area contributed by atoms with Crippen LogP contribution in [-0.4, -0.2) is 17.0 Å². The molecule has 1 aromatic rings. The largest absolute Gasteiger partial charge is 0.358 e. The van der Waals surface area contributed by atoms with Gasteiger partial charge in [0.1, 0.15) is 5.82 Å². The number of hydrogen-bond donors (Lipinski definition) is 1. The van der Waals surface area contributed by atoms with E-state index in [1.165, 1.54) is 6.07 Å². The van der Waals surface area contributed by atoms with Crippen molar-refractivity contribution >= 4 is 16.9 Å². The lowest BCUT2D eigenvalue weighted by Gasteiger charge is -2.16. The fourth-order valence-electron chi connectivity index (χ4n) is 1.86. The van der Waals surface area contributed by atoms with Gasteiger partial charge in [-0.1, -0.05) is 37.7 Å². The summed E-state index contributed by atoms with van der Waals surface area (Å²) >= 11 is 1.79. The first-order valence-corrected chi connectivity index (χ1v) is 7.17. The summed E-state index contributed by atoms with van der Waals surface area (Å²) in [5, 5.41) is 4.89. The van der Waals surface area contributed by atoms with Gasteiger partial charge in [0.2, 0.25) is 0 Å². The maximum Gasteiger partial charge on any atom is 0.157 e. The smallest absolute Gasteiger partial charge is 0.157 e. The molecule has 2 rings (SSSR count). The van der Waals surface area contributed by atoms with Crippen molar-refractivity contribution in [3.63, 3.8) is 0 Å². The number of nitrogens with zero attached hydrogens (tertiary/aromatic N) is 1. The lowest BCUT2D eigenvalue weighted by Crippen LogP contribution is -2.24. The van der Waals surface area contributed by atoms with Crippen molar-refractivity contribution in [3.8, 4) is 0 Å². The van der Waals surface area contributed by atoms with Crippen molar-refractivity contribution in [2.45, 2.75) is 32.1 Å². The quantitative estimate of drug-likeness (QED) is 0.904. The van der Waals surface area contributed by atoms with Crippen molar-refractivity contribution in [2.75, 3.05) is 6.54 Å². The Balaban J connectivity index is 1.95. The van der Waals surface area contributed by atoms with Crippen LogP contribution in [0.5, 0.6) is 0 Å². The summed E-state index contributed by atoms with van der Waals surface area (Å²) < 4.78 is 13.1. The second-order valence-corrected chi connectivity index (χ2v) is 6.20. The molecule has 0 saturated heterocycles. The summed E-state index contributed by atoms with van der Waals surface area (Å²) in [6, 6.07) is 6.78. The van der Waals surface area contributed by atoms with Gasteiger partial charge in [0.05, 0.1) is 12.6 Å². The van der Waals surface area contributed by atoms with Crippen LogP contribution in [0.1, 0.15) is 32.4 Å². The topological polar surface area (TPSA) is 24.4 Å². The van der Waals surface area contributed by atoms with Gasteiger partial charge in [0, 0.05) is 5.25 Å². The summed E-state index contributed by atoms with van der Waals surface area (Å²) in [5.74, 6) is 0.435. The van der Waals surface area contributed by atoms with Gasteiger partial charge in [-0.3, -0.25) is 4.99 Å². The zero-order valence-corrected chi connectivity index (χ0v) is 11.8. The number of hydrogen-bond acceptors (Lipinski definition) is 3. The molecule has 1 aliphatic rings. The monoisotopic (exact) mass is 266 g/mol. The van der Waals surface area contributed by atoms with Crippen LogP contribution in [0.2, 0.25) is 0 Å². The molecular weight excluding hydrogens is 247 g/mol. The molecule has 4 heteroatoms. The van der Waals surface area contributed by atoms with Crippen LogP contribution < -0.4 is 5.32 Å². The second-order valence-electron chi connectivity index (χ2n) is 4.97. The first-order valence-electron chi connectivity index (χ1n) is 6.29. The van der Waals surface area contributed by atoms with E-state index < -0.39 is 0 Å². The molecule has 1 aromatic carbocycles. The minimum absolute atomic E-state index is 0.0814. The van der Waals surface area contributed by atoms with Crippen LogP contribution in [0, 0.1) is 11.7 Å². The van der Waals surface area contributed by atoms with Crippen molar-refractivity contribution in [2.24, 2.45) is 10.9 Å². The van der Waals surface area contributed by atoms with E-state index in [4.69, 9.17) is 0 Å². The number of rotatable bonds is 3. The van der Waals surface area contributed by atoms with Gasteiger partial charge < -0.3 is 5.32 Å². The highest BCUT2D eigenvalue weighted by Crippen LogP contribution is 2.27. The van der Waals surface area contributed by atoms with Crippen molar-refractivity contribution < 1.29 is 4.39 Å². The third-order valence-corrected chi connectivity index (χ3v) is 4.58. The Morgan fingerprint density at radius 2 is 2.17 bits per heavy atom. The third-order valence-electron chi connectivity index (χ3n) is 3.11. The Kier molecular flexibility index (Phi) is 4.27. The molecule has 2 nitrogen and oxygen atoms in total. The molecule has 1 aliphatic heterocycles. The number of aliphatic imine (C=N–C) groups is 1. The second kappa shape index (κ2) is 5.74. The average molecular weight is 266 g/mol. The van der Waals surface area contributed by atoms with E-state index in [9.17, 15) is 4.39 Å². The summed E-state index contributed by atoms with van der Waals surface area (Å²) in [5.41, 5.74) is 0.950. The number of nitrogens with one attached hydrogen (secondary N) is 1. The summed E-state index contributed by atoms with van der Waals surface area (Å²) in [7, 11) is 0. The number of halogens is 1. The molecule has 0 spiro atoms. The van der Waals surface area contributed by atoms with E-state index in [0.717, 1.165) is 17.3 Å². The molecule has 2 unspecified atom stereocenters. The van der Waals surface area contributed by atoms with Crippen LogP contribution in [0.4, 0.5) is 4.39 Å². The molecule has 0 aromatic heterocycles. The van der Waals surface area contributed by atoms with Crippen molar-refractivity contribution in [1.29, 1.82) is 0 Å². The van der Waals surface area contributed by atoms with Crippen molar-refractivity contribution in [3.05, 3.63) is 35.6 Å². The Bertz CT molecular complexity index is 445. The normalized spacial score (nSPS) is 20.9. The predicted molar refractivity (Wildman–Crippen MR) is 76.5 cm³/mol. The lowest BCUT2D eigenvalue weighted by atomic mass is 10.1. The van der Waals surface area contributed by atoms with E-state index in [2.05, 4.69) is 24.2 Å². The molecule has 18 heavy (non-hydrogen) atoms. The lowest BCUT2D eigenvalue weighted by molar-refractivity contribution is 0.617. The third kappa shape index (κ3) is 3.25. The van der Waals surface area contributed by atoms with E-state index in [-0.39, 0.29) is 11.9 Å². The molecule has 1 heterocycles. The van der Waals surface area contributed by atoms with Gasteiger partial charge in [-0.15, -0.1) is 0 Å². The molecule has 0 aliphatic carbocycles. The zero-order valence-electron chi connectivity index (χ0n) is 11.0. The standard InChI is InChI=1S/C14H19FN2S/c1-9(2)13-8-16-14(18-13)17-10(3)11-5-4-6-12(15)7-11/h4-7,9-10,13H,8H2,1-3H3,(H,16,17). The van der Waals surface area contributed by atoms with Crippen molar-refractivity contribution in [1.82, 2.24) is 5.32 Å².